The Kier molecular flexibility index (Phi) is 3.45. The number of nitrogens with one attached hydrogen (secondary N) is 1. The van der Waals surface area contributed by atoms with Crippen molar-refractivity contribution >= 4 is 11.9 Å². The van der Waals surface area contributed by atoms with Gasteiger partial charge in [0.1, 0.15) is 11.1 Å². The molecule has 0 aliphatic heterocycles. The van der Waals surface area contributed by atoms with Crippen LogP contribution in [0.3, 0.4) is 0 Å². The van der Waals surface area contributed by atoms with Crippen LogP contribution >= 0.6 is 0 Å². The molecule has 1 amide bonds. The maximum atomic E-state index is 12.5. The lowest BCUT2D eigenvalue weighted by Gasteiger charge is -2.43. The number of Topliss-reactive ketones (excluding diaryl/α,β-unsaturated/α-hetero) is 1. The van der Waals surface area contributed by atoms with Crippen LogP contribution in [0.15, 0.2) is 12.2 Å². The Morgan fingerprint density at radius 3 is 2.79 bits per heavy atom. The van der Waals surface area contributed by atoms with E-state index in [2.05, 4.69) is 12.2 Å². The van der Waals surface area contributed by atoms with Crippen LogP contribution in [0.25, 0.3) is 0 Å². The third-order valence-electron chi connectivity index (χ3n) is 3.74. The first-order valence-electron chi connectivity index (χ1n) is 6.94. The summed E-state index contributed by atoms with van der Waals surface area (Å²) in [4.78, 5) is 24.4. The summed E-state index contributed by atoms with van der Waals surface area (Å²) in [5.41, 5.74) is -1.30. The zero-order chi connectivity index (χ0) is 14.3. The van der Waals surface area contributed by atoms with Crippen LogP contribution in [0.2, 0.25) is 0 Å². The molecule has 3 unspecified atom stereocenters. The minimum absolute atomic E-state index is 0.0487. The molecule has 0 aromatic heterocycles. The van der Waals surface area contributed by atoms with Gasteiger partial charge in [-0.1, -0.05) is 19.1 Å². The molecule has 2 rings (SSSR count). The quantitative estimate of drug-likeness (QED) is 0.742. The van der Waals surface area contributed by atoms with E-state index in [1.165, 1.54) is 0 Å². The van der Waals surface area contributed by atoms with Gasteiger partial charge in [-0.3, -0.25) is 4.79 Å². The summed E-state index contributed by atoms with van der Waals surface area (Å²) in [5, 5.41) is 2.84. The van der Waals surface area contributed by atoms with Gasteiger partial charge in [0.25, 0.3) is 0 Å². The van der Waals surface area contributed by atoms with Gasteiger partial charge in [0.15, 0.2) is 5.78 Å². The summed E-state index contributed by atoms with van der Waals surface area (Å²) < 4.78 is 5.28. The first kappa shape index (κ1) is 14.1. The number of ether oxygens (including phenoxy) is 1. The van der Waals surface area contributed by atoms with Crippen molar-refractivity contribution in [2.24, 2.45) is 11.8 Å². The molecule has 4 nitrogen and oxygen atoms in total. The van der Waals surface area contributed by atoms with E-state index in [1.807, 2.05) is 32.9 Å². The van der Waals surface area contributed by atoms with Crippen LogP contribution in [0.5, 0.6) is 0 Å². The molecular formula is C15H23NO3. The highest BCUT2D eigenvalue weighted by Gasteiger charge is 2.49. The molecule has 1 fully saturated rings. The number of alkyl carbamates (subject to hydrolysis) is 1. The lowest BCUT2D eigenvalue weighted by Crippen LogP contribution is -2.61. The van der Waals surface area contributed by atoms with E-state index in [1.54, 1.807) is 0 Å². The first-order valence-corrected chi connectivity index (χ1v) is 6.94. The molecule has 0 saturated heterocycles. The standard InChI is InChI=1S/C15H23NO3/c1-10-8-11-6-5-7-15(9-10,12(11)17)16-13(18)19-14(2,3)4/h5-6,10-11H,7-9H2,1-4H3,(H,16,18). The van der Waals surface area contributed by atoms with Gasteiger partial charge in [0, 0.05) is 5.92 Å². The monoisotopic (exact) mass is 265 g/mol. The van der Waals surface area contributed by atoms with Crippen molar-refractivity contribution in [3.63, 3.8) is 0 Å². The van der Waals surface area contributed by atoms with Crippen molar-refractivity contribution in [1.82, 2.24) is 5.32 Å². The fourth-order valence-corrected chi connectivity index (χ4v) is 3.12. The highest BCUT2D eigenvalue weighted by molar-refractivity contribution is 5.96. The van der Waals surface area contributed by atoms with Crippen molar-refractivity contribution in [1.29, 1.82) is 0 Å². The van der Waals surface area contributed by atoms with E-state index in [0.717, 1.165) is 6.42 Å². The van der Waals surface area contributed by atoms with Crippen molar-refractivity contribution in [2.45, 2.75) is 58.1 Å². The summed E-state index contributed by atoms with van der Waals surface area (Å²) >= 11 is 0. The SMILES string of the molecule is CC1CC2C=CCC(NC(=O)OC(C)(C)C)(C1)C2=O. The number of ketones is 1. The van der Waals surface area contributed by atoms with Crippen LogP contribution in [0, 0.1) is 11.8 Å². The van der Waals surface area contributed by atoms with E-state index in [0.29, 0.717) is 18.8 Å². The maximum absolute atomic E-state index is 12.5. The van der Waals surface area contributed by atoms with Crippen LogP contribution in [0.1, 0.15) is 47.0 Å². The average molecular weight is 265 g/mol. The van der Waals surface area contributed by atoms with Crippen LogP contribution in [-0.2, 0) is 9.53 Å². The largest absolute Gasteiger partial charge is 0.444 e. The van der Waals surface area contributed by atoms with Gasteiger partial charge in [-0.25, -0.2) is 4.79 Å². The number of hydrogen-bond acceptors (Lipinski definition) is 3. The summed E-state index contributed by atoms with van der Waals surface area (Å²) in [6, 6.07) is 0. The highest BCUT2D eigenvalue weighted by atomic mass is 16.6. The zero-order valence-electron chi connectivity index (χ0n) is 12.2. The fraction of sp³-hybridized carbons (Fsp3) is 0.733. The predicted molar refractivity (Wildman–Crippen MR) is 72.8 cm³/mol. The molecule has 2 bridgehead atoms. The summed E-state index contributed by atoms with van der Waals surface area (Å²) in [6.45, 7) is 7.58. The van der Waals surface area contributed by atoms with Crippen molar-refractivity contribution in [3.05, 3.63) is 12.2 Å². The lowest BCUT2D eigenvalue weighted by atomic mass is 9.66. The zero-order valence-corrected chi connectivity index (χ0v) is 12.2. The van der Waals surface area contributed by atoms with Gasteiger partial charge in [0.05, 0.1) is 0 Å². The van der Waals surface area contributed by atoms with Crippen LogP contribution in [0.4, 0.5) is 4.79 Å². The second-order valence-electron chi connectivity index (χ2n) is 6.86. The smallest absolute Gasteiger partial charge is 0.408 e. The first-order chi connectivity index (χ1) is 8.72. The molecule has 19 heavy (non-hydrogen) atoms. The minimum atomic E-state index is -0.751. The van der Waals surface area contributed by atoms with Crippen LogP contribution < -0.4 is 5.32 Å². The van der Waals surface area contributed by atoms with Gasteiger partial charge < -0.3 is 10.1 Å². The predicted octanol–water partition coefficient (Wildman–Crippen LogP) is 2.83. The van der Waals surface area contributed by atoms with Gasteiger partial charge >= 0.3 is 6.09 Å². The fourth-order valence-electron chi connectivity index (χ4n) is 3.12. The second kappa shape index (κ2) is 4.66. The number of rotatable bonds is 1. The summed E-state index contributed by atoms with van der Waals surface area (Å²) in [7, 11) is 0. The van der Waals surface area contributed by atoms with Crippen molar-refractivity contribution < 1.29 is 14.3 Å². The lowest BCUT2D eigenvalue weighted by molar-refractivity contribution is -0.132. The molecule has 0 aromatic rings. The number of carbonyl (C=O) groups excluding carboxylic acids is 2. The molecule has 106 valence electrons. The Morgan fingerprint density at radius 2 is 2.16 bits per heavy atom. The summed E-state index contributed by atoms with van der Waals surface area (Å²) in [5.74, 6) is 0.522. The normalized spacial score (nSPS) is 34.0. The van der Waals surface area contributed by atoms with E-state index in [4.69, 9.17) is 4.74 Å². The Morgan fingerprint density at radius 1 is 1.47 bits per heavy atom. The van der Waals surface area contributed by atoms with E-state index in [-0.39, 0.29) is 11.7 Å². The van der Waals surface area contributed by atoms with Crippen LogP contribution in [-0.4, -0.2) is 23.0 Å². The summed E-state index contributed by atoms with van der Waals surface area (Å²) in [6.07, 6.45) is 5.65. The molecule has 2 aliphatic carbocycles. The average Bonchev–Trinajstić information content (AvgIpc) is 2.18. The van der Waals surface area contributed by atoms with Gasteiger partial charge in [-0.05, 0) is 46.0 Å². The molecule has 1 N–H and O–H groups in total. The molecule has 0 radical (unpaired) electrons. The molecule has 0 heterocycles. The third-order valence-corrected chi connectivity index (χ3v) is 3.74. The maximum Gasteiger partial charge on any atom is 0.408 e. The number of hydrogen-bond donors (Lipinski definition) is 1. The minimum Gasteiger partial charge on any atom is -0.444 e. The number of carbonyl (C=O) groups is 2. The number of allylic oxidation sites excluding steroid dienone is 1. The van der Waals surface area contributed by atoms with Gasteiger partial charge in [-0.15, -0.1) is 0 Å². The molecular weight excluding hydrogens is 242 g/mol. The number of fused-ring (bicyclic) bond motifs is 2. The molecule has 1 saturated carbocycles. The van der Waals surface area contributed by atoms with E-state index in [9.17, 15) is 9.59 Å². The topological polar surface area (TPSA) is 55.4 Å². The Hall–Kier alpha value is -1.32. The highest BCUT2D eigenvalue weighted by Crippen LogP contribution is 2.39. The van der Waals surface area contributed by atoms with Gasteiger partial charge in [-0.2, -0.15) is 0 Å². The van der Waals surface area contributed by atoms with Crippen molar-refractivity contribution in [2.75, 3.05) is 0 Å². The molecule has 0 aromatic carbocycles. The Labute approximate surface area is 114 Å². The van der Waals surface area contributed by atoms with E-state index >= 15 is 0 Å². The number of amides is 1. The molecule has 3 atom stereocenters. The molecule has 4 heteroatoms. The second-order valence-corrected chi connectivity index (χ2v) is 6.86. The Bertz CT molecular complexity index is 422. The Balaban J connectivity index is 2.14. The molecule has 2 aliphatic rings. The van der Waals surface area contributed by atoms with Crippen molar-refractivity contribution in [3.8, 4) is 0 Å². The molecule has 0 spiro atoms. The van der Waals surface area contributed by atoms with E-state index < -0.39 is 17.2 Å². The third kappa shape index (κ3) is 2.99. The van der Waals surface area contributed by atoms with Gasteiger partial charge in [0.2, 0.25) is 0 Å².